The van der Waals surface area contributed by atoms with Crippen LogP contribution >= 0.6 is 0 Å². The van der Waals surface area contributed by atoms with E-state index < -0.39 is 55.0 Å². The molecule has 194 valence electrons. The molecule has 13 heteroatoms. The molecule has 1 unspecified atom stereocenters. The van der Waals surface area contributed by atoms with Gasteiger partial charge in [-0.1, -0.05) is 12.1 Å². The van der Waals surface area contributed by atoms with Crippen molar-refractivity contribution >= 4 is 5.69 Å². The summed E-state index contributed by atoms with van der Waals surface area (Å²) in [5.74, 6) is -1.36. The summed E-state index contributed by atoms with van der Waals surface area (Å²) in [6.45, 7) is -1.72. The van der Waals surface area contributed by atoms with Crippen LogP contribution in [-0.4, -0.2) is 28.9 Å². The van der Waals surface area contributed by atoms with Gasteiger partial charge in [-0.3, -0.25) is 4.98 Å². The summed E-state index contributed by atoms with van der Waals surface area (Å²) in [5.41, 5.74) is -2.23. The number of rotatable bonds is 8. The molecule has 3 rings (SSSR count). The fraction of sp³-hybridized carbons (Fsp3) is 0.261. The molecule has 0 aliphatic heterocycles. The molecule has 1 heterocycles. The van der Waals surface area contributed by atoms with Crippen LogP contribution < -0.4 is 9.64 Å². The van der Waals surface area contributed by atoms with Crippen LogP contribution in [0.2, 0.25) is 0 Å². The highest BCUT2D eigenvalue weighted by Crippen LogP contribution is 2.33. The summed E-state index contributed by atoms with van der Waals surface area (Å²) in [6.07, 6.45) is -14.5. The summed E-state index contributed by atoms with van der Waals surface area (Å²) in [6, 6.07) is 9.02. The molecule has 4 nitrogen and oxygen atoms in total. The number of aromatic nitrogens is 1. The minimum atomic E-state index is -5.03. The Morgan fingerprint density at radius 1 is 0.917 bits per heavy atom. The minimum Gasteiger partial charge on any atom is -0.457 e. The zero-order valence-electron chi connectivity index (χ0n) is 18.0. The second kappa shape index (κ2) is 10.6. The third-order valence-corrected chi connectivity index (χ3v) is 4.91. The van der Waals surface area contributed by atoms with Gasteiger partial charge in [0.2, 0.25) is 0 Å². The van der Waals surface area contributed by atoms with Crippen molar-refractivity contribution in [3.05, 3.63) is 83.4 Å². The molecule has 0 aliphatic rings. The first-order chi connectivity index (χ1) is 16.7. The highest BCUT2D eigenvalue weighted by atomic mass is 19.4. The van der Waals surface area contributed by atoms with Crippen LogP contribution in [0.3, 0.4) is 0 Å². The Labute approximate surface area is 198 Å². The van der Waals surface area contributed by atoms with Crippen LogP contribution in [0.4, 0.5) is 45.2 Å². The Morgan fingerprint density at radius 2 is 1.61 bits per heavy atom. The Morgan fingerprint density at radius 3 is 2.22 bits per heavy atom. The van der Waals surface area contributed by atoms with Gasteiger partial charge in [0.15, 0.2) is 6.10 Å². The van der Waals surface area contributed by atoms with E-state index >= 15 is 0 Å². The van der Waals surface area contributed by atoms with Crippen LogP contribution in [-0.2, 0) is 12.7 Å². The number of pyridine rings is 1. The van der Waals surface area contributed by atoms with Crippen molar-refractivity contribution in [2.45, 2.75) is 31.4 Å². The van der Waals surface area contributed by atoms with Crippen LogP contribution in [0.5, 0.6) is 11.5 Å². The van der Waals surface area contributed by atoms with Crippen molar-refractivity contribution < 1.29 is 49.4 Å². The monoisotopic (exact) mass is 524 g/mol. The second-order valence-corrected chi connectivity index (χ2v) is 7.56. The largest absolute Gasteiger partial charge is 0.457 e. The SMILES string of the molecule is OC(CN(Cc1ccc(C(F)(F)F)cc1F)c1cccc(Oc2ccnc(C(F)F)c2)c1)C(F)(F)F. The zero-order valence-corrected chi connectivity index (χ0v) is 18.0. The van der Waals surface area contributed by atoms with Crippen molar-refractivity contribution in [3.63, 3.8) is 0 Å². The predicted octanol–water partition coefficient (Wildman–Crippen LogP) is 6.90. The van der Waals surface area contributed by atoms with Crippen molar-refractivity contribution in [3.8, 4) is 11.5 Å². The number of anilines is 1. The number of ether oxygens (including phenoxy) is 1. The standard InChI is InChI=1S/C23H17F9N2O2/c24-18-8-14(22(27,28)29)5-4-13(18)11-34(12-20(35)23(30,31)32)15-2-1-3-16(9-15)36-17-6-7-33-19(10-17)21(25)26/h1-10,20-21,35H,11-12H2. The Kier molecular flexibility index (Phi) is 8.02. The summed E-state index contributed by atoms with van der Waals surface area (Å²) in [7, 11) is 0. The second-order valence-electron chi connectivity index (χ2n) is 7.56. The molecule has 3 aromatic rings. The molecule has 0 amide bonds. The fourth-order valence-electron chi connectivity index (χ4n) is 3.12. The normalized spacial score (nSPS) is 13.1. The van der Waals surface area contributed by atoms with Gasteiger partial charge >= 0.3 is 12.4 Å². The Bertz CT molecular complexity index is 1180. The van der Waals surface area contributed by atoms with Crippen molar-refractivity contribution in [1.82, 2.24) is 4.98 Å². The third kappa shape index (κ3) is 7.03. The smallest absolute Gasteiger partial charge is 0.416 e. The molecule has 0 bridgehead atoms. The zero-order chi connectivity index (χ0) is 26.7. The van der Waals surface area contributed by atoms with E-state index in [4.69, 9.17) is 4.74 Å². The third-order valence-electron chi connectivity index (χ3n) is 4.91. The van der Waals surface area contributed by atoms with Gasteiger partial charge in [-0.05, 0) is 30.3 Å². The molecule has 0 saturated heterocycles. The van der Waals surface area contributed by atoms with E-state index in [0.717, 1.165) is 23.2 Å². The van der Waals surface area contributed by atoms with Gasteiger partial charge in [0.1, 0.15) is 23.0 Å². The number of nitrogens with zero attached hydrogens (tertiary/aromatic N) is 2. The van der Waals surface area contributed by atoms with Gasteiger partial charge in [-0.25, -0.2) is 13.2 Å². The molecule has 2 aromatic carbocycles. The van der Waals surface area contributed by atoms with Crippen molar-refractivity contribution in [2.24, 2.45) is 0 Å². The maximum absolute atomic E-state index is 14.4. The molecule has 1 aromatic heterocycles. The fourth-order valence-corrected chi connectivity index (χ4v) is 3.12. The van der Waals surface area contributed by atoms with E-state index in [1.807, 2.05) is 0 Å². The van der Waals surface area contributed by atoms with E-state index in [9.17, 15) is 44.6 Å². The number of benzene rings is 2. The van der Waals surface area contributed by atoms with Crippen molar-refractivity contribution in [1.29, 1.82) is 0 Å². The number of aliphatic hydroxyl groups is 1. The first kappa shape index (κ1) is 27.1. The average molecular weight is 524 g/mol. The molecule has 0 aliphatic carbocycles. The van der Waals surface area contributed by atoms with E-state index in [-0.39, 0.29) is 28.8 Å². The lowest BCUT2D eigenvalue weighted by Gasteiger charge is -2.29. The van der Waals surface area contributed by atoms with Crippen LogP contribution in [0.1, 0.15) is 23.2 Å². The summed E-state index contributed by atoms with van der Waals surface area (Å²) in [5, 5.41) is 9.58. The molecule has 0 saturated carbocycles. The van der Waals surface area contributed by atoms with Gasteiger partial charge in [-0.2, -0.15) is 26.3 Å². The number of hydrogen-bond acceptors (Lipinski definition) is 4. The van der Waals surface area contributed by atoms with Crippen LogP contribution in [0.15, 0.2) is 60.8 Å². The van der Waals surface area contributed by atoms with E-state index in [2.05, 4.69) is 4.98 Å². The topological polar surface area (TPSA) is 45.6 Å². The highest BCUT2D eigenvalue weighted by Gasteiger charge is 2.39. The molecule has 36 heavy (non-hydrogen) atoms. The quantitative estimate of drug-likeness (QED) is 0.326. The summed E-state index contributed by atoms with van der Waals surface area (Å²) < 4.78 is 123. The van der Waals surface area contributed by atoms with Gasteiger partial charge in [-0.15, -0.1) is 0 Å². The van der Waals surface area contributed by atoms with E-state index in [0.29, 0.717) is 6.07 Å². The van der Waals surface area contributed by atoms with Crippen molar-refractivity contribution in [2.75, 3.05) is 11.4 Å². The lowest BCUT2D eigenvalue weighted by molar-refractivity contribution is -0.200. The van der Waals surface area contributed by atoms with Gasteiger partial charge < -0.3 is 14.7 Å². The van der Waals surface area contributed by atoms with Gasteiger partial charge in [0.05, 0.1) is 12.1 Å². The highest BCUT2D eigenvalue weighted by molar-refractivity contribution is 5.52. The lowest BCUT2D eigenvalue weighted by Crippen LogP contribution is -2.41. The average Bonchev–Trinajstić information content (AvgIpc) is 2.78. The molecule has 1 atom stereocenters. The molecular formula is C23H17F9N2O2. The molecule has 0 radical (unpaired) electrons. The first-order valence-electron chi connectivity index (χ1n) is 10.1. The van der Waals surface area contributed by atoms with Crippen LogP contribution in [0.25, 0.3) is 0 Å². The Balaban J connectivity index is 1.92. The number of hydrogen-bond donors (Lipinski definition) is 1. The first-order valence-corrected chi connectivity index (χ1v) is 10.1. The van der Waals surface area contributed by atoms with E-state index in [1.54, 1.807) is 0 Å². The van der Waals surface area contributed by atoms with Gasteiger partial charge in [0, 0.05) is 36.1 Å². The maximum atomic E-state index is 14.4. The molecular weight excluding hydrogens is 507 g/mol. The molecule has 0 spiro atoms. The summed E-state index contributed by atoms with van der Waals surface area (Å²) >= 11 is 0. The van der Waals surface area contributed by atoms with Crippen LogP contribution in [0, 0.1) is 5.82 Å². The molecule has 1 N–H and O–H groups in total. The number of halogens is 9. The minimum absolute atomic E-state index is 0.00157. The molecule has 0 fully saturated rings. The Hall–Kier alpha value is -3.48. The predicted molar refractivity (Wildman–Crippen MR) is 110 cm³/mol. The number of aliphatic hydroxyl groups excluding tert-OH is 1. The van der Waals surface area contributed by atoms with Gasteiger partial charge in [0.25, 0.3) is 6.43 Å². The van der Waals surface area contributed by atoms with E-state index in [1.165, 1.54) is 30.3 Å². The lowest BCUT2D eigenvalue weighted by atomic mass is 10.1. The summed E-state index contributed by atoms with van der Waals surface area (Å²) in [4.78, 5) is 4.38. The maximum Gasteiger partial charge on any atom is 0.416 e. The number of alkyl halides is 8.